The van der Waals surface area contributed by atoms with Crippen LogP contribution < -0.4 is 0 Å². The number of rotatable bonds is 2. The normalized spacial score (nSPS) is 7.58. The molecule has 0 aromatic carbocycles. The molecule has 12 heavy (non-hydrogen) atoms. The van der Waals surface area contributed by atoms with Gasteiger partial charge < -0.3 is 10.2 Å². The van der Waals surface area contributed by atoms with E-state index < -0.39 is 11.9 Å². The topological polar surface area (TPSA) is 98.4 Å². The van der Waals surface area contributed by atoms with Gasteiger partial charge in [-0.05, 0) is 0 Å². The van der Waals surface area contributed by atoms with Crippen LogP contribution >= 0.6 is 0 Å². The van der Waals surface area contributed by atoms with Crippen molar-refractivity contribution in [3.8, 4) is 6.07 Å². The third-order valence-electron chi connectivity index (χ3n) is 0.475. The van der Waals surface area contributed by atoms with E-state index in [-0.39, 0.29) is 0 Å². The Morgan fingerprint density at radius 2 is 1.75 bits per heavy atom. The molecule has 0 fully saturated rings. The van der Waals surface area contributed by atoms with E-state index in [4.69, 9.17) is 15.5 Å². The lowest BCUT2D eigenvalue weighted by Crippen LogP contribution is -1.83. The van der Waals surface area contributed by atoms with Gasteiger partial charge >= 0.3 is 11.9 Å². The molecule has 0 aromatic rings. The van der Waals surface area contributed by atoms with Crippen molar-refractivity contribution in [1.82, 2.24) is 0 Å². The number of nitrogens with zero attached hydrogens (tertiary/aromatic N) is 1. The predicted octanol–water partition coefficient (Wildman–Crippen LogP) is 0.408. The van der Waals surface area contributed by atoms with Crippen LogP contribution in [-0.4, -0.2) is 22.2 Å². The molecule has 5 nitrogen and oxygen atoms in total. The molecule has 0 radical (unpaired) electrons. The highest BCUT2D eigenvalue weighted by Gasteiger charge is 1.79. The minimum absolute atomic E-state index is 0.778. The number of allylic oxidation sites excluding steroid dienone is 1. The number of aliphatic carboxylic acids is 2. The Hall–Kier alpha value is -2.09. The largest absolute Gasteiger partial charge is 0.478 e. The molecule has 2 N–H and O–H groups in total. The highest BCUT2D eigenvalue weighted by molar-refractivity contribution is 5.80. The zero-order valence-electron chi connectivity index (χ0n) is 6.10. The minimum atomic E-state index is -1.10. The summed E-state index contributed by atoms with van der Waals surface area (Å²) in [6.45, 7) is 2.96. The van der Waals surface area contributed by atoms with Crippen LogP contribution in [0.5, 0.6) is 0 Å². The van der Waals surface area contributed by atoms with Crippen molar-refractivity contribution in [2.75, 3.05) is 0 Å². The molecular weight excluding hydrogens is 162 g/mol. The van der Waals surface area contributed by atoms with Crippen LogP contribution in [0.2, 0.25) is 0 Å². The van der Waals surface area contributed by atoms with Crippen molar-refractivity contribution < 1.29 is 19.8 Å². The van der Waals surface area contributed by atoms with Crippen molar-refractivity contribution in [3.05, 3.63) is 24.8 Å². The van der Waals surface area contributed by atoms with Crippen LogP contribution in [0.25, 0.3) is 0 Å². The molecule has 0 atom stereocenters. The van der Waals surface area contributed by atoms with Crippen LogP contribution in [0.4, 0.5) is 0 Å². The number of carboxylic acids is 2. The first-order valence-corrected chi connectivity index (χ1v) is 2.69. The average Bonchev–Trinajstić information content (AvgIpc) is 2.02. The molecule has 0 unspecified atom stereocenters. The molecule has 0 amide bonds. The first kappa shape index (κ1) is 12.6. The summed E-state index contributed by atoms with van der Waals surface area (Å²) in [5.74, 6) is -2.08. The molecule has 0 saturated carbocycles. The summed E-state index contributed by atoms with van der Waals surface area (Å²) in [7, 11) is 0. The minimum Gasteiger partial charge on any atom is -0.478 e. The molecular formula is C7H7NO4. The van der Waals surface area contributed by atoms with E-state index in [1.54, 1.807) is 0 Å². The summed E-state index contributed by atoms with van der Waals surface area (Å²) in [6, 6.07) is 1.54. The second kappa shape index (κ2) is 8.91. The van der Waals surface area contributed by atoms with Gasteiger partial charge in [0.1, 0.15) is 0 Å². The van der Waals surface area contributed by atoms with Gasteiger partial charge in [-0.2, -0.15) is 5.26 Å². The molecule has 0 spiro atoms. The van der Waals surface area contributed by atoms with Gasteiger partial charge in [-0.15, -0.1) is 0 Å². The smallest absolute Gasteiger partial charge is 0.329 e. The van der Waals surface area contributed by atoms with E-state index in [9.17, 15) is 9.59 Å². The number of carbonyl (C=O) groups is 2. The van der Waals surface area contributed by atoms with E-state index >= 15 is 0 Å². The molecule has 5 heteroatoms. The summed E-state index contributed by atoms with van der Waals surface area (Å²) in [5.41, 5.74) is 0. The number of hydrogen-bond acceptors (Lipinski definition) is 3. The lowest BCUT2D eigenvalue weighted by molar-refractivity contribution is -0.132. The van der Waals surface area contributed by atoms with Gasteiger partial charge in [0.2, 0.25) is 0 Å². The van der Waals surface area contributed by atoms with Gasteiger partial charge in [0.15, 0.2) is 0 Å². The van der Waals surface area contributed by atoms with Gasteiger partial charge in [-0.3, -0.25) is 0 Å². The number of carboxylic acid groups (broad SMARTS) is 2. The first-order chi connectivity index (χ1) is 5.54. The zero-order chi connectivity index (χ0) is 9.98. The van der Waals surface area contributed by atoms with Gasteiger partial charge in [-0.1, -0.05) is 6.58 Å². The van der Waals surface area contributed by atoms with Crippen LogP contribution in [0.15, 0.2) is 24.8 Å². The molecule has 0 saturated heterocycles. The van der Waals surface area contributed by atoms with Gasteiger partial charge in [0.25, 0.3) is 0 Å². The van der Waals surface area contributed by atoms with E-state index in [2.05, 4.69) is 6.58 Å². The van der Waals surface area contributed by atoms with E-state index in [0.29, 0.717) is 0 Å². The fourth-order valence-electron chi connectivity index (χ4n) is 0.109. The van der Waals surface area contributed by atoms with E-state index in [1.165, 1.54) is 6.07 Å². The van der Waals surface area contributed by atoms with Crippen molar-refractivity contribution >= 4 is 11.9 Å². The van der Waals surface area contributed by atoms with Crippen molar-refractivity contribution in [2.45, 2.75) is 0 Å². The third-order valence-corrected chi connectivity index (χ3v) is 0.475. The fraction of sp³-hybridized carbons (Fsp3) is 0. The fourth-order valence-corrected chi connectivity index (χ4v) is 0.109. The Labute approximate surface area is 68.9 Å². The van der Waals surface area contributed by atoms with Crippen LogP contribution in [0, 0.1) is 11.3 Å². The Bertz CT molecular complexity index is 236. The monoisotopic (exact) mass is 169 g/mol. The lowest BCUT2D eigenvalue weighted by atomic mass is 10.5. The van der Waals surface area contributed by atoms with E-state index in [1.807, 2.05) is 0 Å². The predicted molar refractivity (Wildman–Crippen MR) is 40.2 cm³/mol. The summed E-state index contributed by atoms with van der Waals surface area (Å²) in [5, 5.41) is 23.1. The Morgan fingerprint density at radius 3 is 1.83 bits per heavy atom. The molecule has 0 aliphatic carbocycles. The van der Waals surface area contributed by atoms with Crippen molar-refractivity contribution in [3.63, 3.8) is 0 Å². The molecule has 0 aromatic heterocycles. The average molecular weight is 169 g/mol. The second-order valence-electron chi connectivity index (χ2n) is 1.34. The summed E-state index contributed by atoms with van der Waals surface area (Å²) in [6.07, 6.45) is 2.52. The molecule has 0 aliphatic heterocycles. The standard InChI is InChI=1S/C4H3NO2.C3H4O2/c5-3-1-2-4(6)7;1-2-3(4)5/h1-2H,(H,6,7);2H,1H2,(H,4,5)/b2-1+;. The number of hydrogen-bond donors (Lipinski definition) is 2. The summed E-state index contributed by atoms with van der Waals surface area (Å²) < 4.78 is 0. The third kappa shape index (κ3) is 24.7. The zero-order valence-corrected chi connectivity index (χ0v) is 6.10. The van der Waals surface area contributed by atoms with E-state index in [0.717, 1.165) is 18.2 Å². The molecule has 0 heterocycles. The number of nitriles is 1. The Kier molecular flexibility index (Phi) is 9.34. The highest BCUT2D eigenvalue weighted by Crippen LogP contribution is 1.66. The maximum atomic E-state index is 9.52. The maximum Gasteiger partial charge on any atom is 0.329 e. The molecule has 64 valence electrons. The van der Waals surface area contributed by atoms with Gasteiger partial charge in [-0.25, -0.2) is 9.59 Å². The molecule has 0 bridgehead atoms. The quantitative estimate of drug-likeness (QED) is 0.460. The van der Waals surface area contributed by atoms with Crippen LogP contribution in [0.1, 0.15) is 0 Å². The Morgan fingerprint density at radius 1 is 1.33 bits per heavy atom. The molecule has 0 rings (SSSR count). The van der Waals surface area contributed by atoms with Gasteiger partial charge in [0.05, 0.1) is 6.07 Å². The van der Waals surface area contributed by atoms with Crippen LogP contribution in [0.3, 0.4) is 0 Å². The maximum absolute atomic E-state index is 9.52. The van der Waals surface area contributed by atoms with Gasteiger partial charge in [0, 0.05) is 18.2 Å². The highest BCUT2D eigenvalue weighted by atomic mass is 16.4. The molecule has 0 aliphatic rings. The summed E-state index contributed by atoms with van der Waals surface area (Å²) >= 11 is 0. The Balaban J connectivity index is 0. The second-order valence-corrected chi connectivity index (χ2v) is 1.34. The van der Waals surface area contributed by atoms with Crippen LogP contribution in [-0.2, 0) is 9.59 Å². The van der Waals surface area contributed by atoms with Crippen molar-refractivity contribution in [2.24, 2.45) is 0 Å². The first-order valence-electron chi connectivity index (χ1n) is 2.69. The van der Waals surface area contributed by atoms with Crippen molar-refractivity contribution in [1.29, 1.82) is 5.26 Å². The SMILES string of the molecule is C=CC(=O)O.N#C/C=C/C(=O)O. The lowest BCUT2D eigenvalue weighted by Gasteiger charge is -1.67. The summed E-state index contributed by atoms with van der Waals surface area (Å²) in [4.78, 5) is 18.8.